The zero-order valence-electron chi connectivity index (χ0n) is 20.9. The third kappa shape index (κ3) is 3.52. The second-order valence-electron chi connectivity index (χ2n) is 11.5. The molecule has 2 aliphatic heterocycles. The van der Waals surface area contributed by atoms with Gasteiger partial charge in [0.1, 0.15) is 17.5 Å². The third-order valence-electron chi connectivity index (χ3n) is 9.22. The van der Waals surface area contributed by atoms with Gasteiger partial charge in [-0.25, -0.2) is 9.37 Å². The van der Waals surface area contributed by atoms with E-state index in [4.69, 9.17) is 11.6 Å². The molecular formula is C27H27ClF4N6. The van der Waals surface area contributed by atoms with Crippen LogP contribution in [0.1, 0.15) is 60.8 Å². The Morgan fingerprint density at radius 2 is 1.76 bits per heavy atom. The van der Waals surface area contributed by atoms with Crippen LogP contribution in [0.25, 0.3) is 5.69 Å². The van der Waals surface area contributed by atoms with Gasteiger partial charge in [-0.2, -0.15) is 13.2 Å². The topological polar surface area (TPSA) is 50.1 Å². The van der Waals surface area contributed by atoms with Crippen LogP contribution in [0.3, 0.4) is 0 Å². The maximum Gasteiger partial charge on any atom is 0.394 e. The quantitative estimate of drug-likeness (QED) is 0.380. The summed E-state index contributed by atoms with van der Waals surface area (Å²) < 4.78 is 56.5. The van der Waals surface area contributed by atoms with Crippen molar-refractivity contribution in [1.82, 2.24) is 24.6 Å². The number of nitrogens with zero attached hydrogens (tertiary/aromatic N) is 6. The van der Waals surface area contributed by atoms with Crippen molar-refractivity contribution < 1.29 is 17.6 Å². The van der Waals surface area contributed by atoms with Crippen molar-refractivity contribution >= 4 is 17.4 Å². The average molecular weight is 547 g/mol. The Labute approximate surface area is 222 Å². The largest absolute Gasteiger partial charge is 0.394 e. The van der Waals surface area contributed by atoms with Gasteiger partial charge in [0, 0.05) is 36.1 Å². The van der Waals surface area contributed by atoms with Crippen LogP contribution in [0.5, 0.6) is 0 Å². The molecule has 2 aromatic heterocycles. The van der Waals surface area contributed by atoms with Crippen LogP contribution in [0.4, 0.5) is 23.4 Å². The van der Waals surface area contributed by atoms with Gasteiger partial charge in [0.15, 0.2) is 5.82 Å². The molecule has 4 heterocycles. The summed E-state index contributed by atoms with van der Waals surface area (Å²) in [5.74, 6) is 2.25. The summed E-state index contributed by atoms with van der Waals surface area (Å²) in [6.07, 6.45) is -0.763. The highest BCUT2D eigenvalue weighted by Crippen LogP contribution is 2.75. The fourth-order valence-electron chi connectivity index (χ4n) is 7.06. The number of halogens is 5. The molecule has 2 bridgehead atoms. The summed E-state index contributed by atoms with van der Waals surface area (Å²) in [6, 6.07) is 7.51. The molecule has 5 aliphatic rings. The Bertz CT molecular complexity index is 1410. The summed E-state index contributed by atoms with van der Waals surface area (Å²) in [7, 11) is 0. The normalized spacial score (nSPS) is 27.3. The van der Waals surface area contributed by atoms with Crippen molar-refractivity contribution in [2.75, 3.05) is 18.0 Å². The molecule has 3 aromatic rings. The minimum atomic E-state index is -4.15. The Morgan fingerprint density at radius 1 is 1.03 bits per heavy atom. The molecule has 0 radical (unpaired) electrons. The number of hydrogen-bond acceptors (Lipinski definition) is 5. The van der Waals surface area contributed by atoms with Crippen LogP contribution in [0.15, 0.2) is 30.5 Å². The summed E-state index contributed by atoms with van der Waals surface area (Å²) in [6.45, 7) is 4.23. The number of aryl methyl sites for hydroxylation is 1. The first-order chi connectivity index (χ1) is 18.1. The van der Waals surface area contributed by atoms with Gasteiger partial charge in [-0.3, -0.25) is 9.47 Å². The molecular weight excluding hydrogens is 520 g/mol. The SMILES string of the molecule is Cc1cc(N2CCC(c3nnc4n3-c3ccc(Cl)cc3CN(C35CC(C(F)(F)F)(C3)C5)C4)CC2)ncc1F. The van der Waals surface area contributed by atoms with E-state index in [1.54, 1.807) is 13.0 Å². The van der Waals surface area contributed by atoms with Crippen LogP contribution in [0, 0.1) is 18.2 Å². The number of hydrogen-bond donors (Lipinski definition) is 0. The lowest BCUT2D eigenvalue weighted by atomic mass is 9.38. The maximum atomic E-state index is 13.7. The second-order valence-corrected chi connectivity index (χ2v) is 12.0. The molecule has 0 spiro atoms. The molecule has 8 rings (SSSR count). The Kier molecular flexibility index (Phi) is 5.21. The number of alkyl halides is 3. The predicted octanol–water partition coefficient (Wildman–Crippen LogP) is 5.95. The second kappa shape index (κ2) is 8.14. The van der Waals surface area contributed by atoms with Gasteiger partial charge in [0.05, 0.1) is 23.8 Å². The van der Waals surface area contributed by atoms with E-state index >= 15 is 0 Å². The molecule has 4 fully saturated rings. The van der Waals surface area contributed by atoms with Gasteiger partial charge in [-0.05, 0) is 74.4 Å². The van der Waals surface area contributed by atoms with Crippen LogP contribution in [-0.2, 0) is 13.1 Å². The number of rotatable bonds is 3. The fourth-order valence-corrected chi connectivity index (χ4v) is 7.26. The van der Waals surface area contributed by atoms with Crippen LogP contribution >= 0.6 is 11.6 Å². The Morgan fingerprint density at radius 3 is 2.45 bits per heavy atom. The first-order valence-corrected chi connectivity index (χ1v) is 13.4. The summed E-state index contributed by atoms with van der Waals surface area (Å²) in [5, 5.41) is 9.79. The summed E-state index contributed by atoms with van der Waals surface area (Å²) >= 11 is 6.37. The van der Waals surface area contributed by atoms with Crippen LogP contribution in [0.2, 0.25) is 5.02 Å². The van der Waals surface area contributed by atoms with Crippen molar-refractivity contribution in [2.45, 2.75) is 69.8 Å². The molecule has 3 aliphatic carbocycles. The highest BCUT2D eigenvalue weighted by Gasteiger charge is 2.79. The highest BCUT2D eigenvalue weighted by atomic mass is 35.5. The van der Waals surface area contributed by atoms with E-state index in [9.17, 15) is 17.6 Å². The Balaban J connectivity index is 1.17. The molecule has 38 heavy (non-hydrogen) atoms. The van der Waals surface area contributed by atoms with E-state index < -0.39 is 17.1 Å². The lowest BCUT2D eigenvalue weighted by Crippen LogP contribution is -2.78. The van der Waals surface area contributed by atoms with Crippen molar-refractivity contribution in [1.29, 1.82) is 0 Å². The molecule has 6 nitrogen and oxygen atoms in total. The smallest absolute Gasteiger partial charge is 0.357 e. The zero-order valence-corrected chi connectivity index (χ0v) is 21.7. The number of piperidine rings is 1. The molecule has 200 valence electrons. The van der Waals surface area contributed by atoms with Crippen molar-refractivity contribution in [2.24, 2.45) is 5.41 Å². The van der Waals surface area contributed by atoms with E-state index in [0.29, 0.717) is 23.7 Å². The monoisotopic (exact) mass is 546 g/mol. The molecule has 0 amide bonds. The first kappa shape index (κ1) is 24.3. The van der Waals surface area contributed by atoms with Gasteiger partial charge < -0.3 is 4.90 Å². The zero-order chi connectivity index (χ0) is 26.4. The van der Waals surface area contributed by atoms with Crippen molar-refractivity contribution in [3.63, 3.8) is 0 Å². The molecule has 0 N–H and O–H groups in total. The summed E-state index contributed by atoms with van der Waals surface area (Å²) in [4.78, 5) is 8.60. The minimum Gasteiger partial charge on any atom is -0.357 e. The third-order valence-corrected chi connectivity index (χ3v) is 9.46. The van der Waals surface area contributed by atoms with Crippen molar-refractivity contribution in [3.8, 4) is 5.69 Å². The summed E-state index contributed by atoms with van der Waals surface area (Å²) in [5.41, 5.74) is 0.543. The fraction of sp³-hybridized carbons (Fsp3) is 0.519. The van der Waals surface area contributed by atoms with Gasteiger partial charge in [-0.1, -0.05) is 11.6 Å². The van der Waals surface area contributed by atoms with E-state index in [0.717, 1.165) is 54.6 Å². The maximum absolute atomic E-state index is 13.7. The lowest BCUT2D eigenvalue weighted by Gasteiger charge is -2.73. The van der Waals surface area contributed by atoms with Gasteiger partial charge in [0.2, 0.25) is 0 Å². The molecule has 0 atom stereocenters. The van der Waals surface area contributed by atoms with Crippen molar-refractivity contribution in [3.05, 3.63) is 64.1 Å². The number of pyridine rings is 1. The number of benzene rings is 1. The predicted molar refractivity (Wildman–Crippen MR) is 134 cm³/mol. The number of fused-ring (bicyclic) bond motifs is 3. The first-order valence-electron chi connectivity index (χ1n) is 13.0. The van der Waals surface area contributed by atoms with E-state index in [1.807, 2.05) is 18.2 Å². The molecule has 0 unspecified atom stereocenters. The van der Waals surface area contributed by atoms with E-state index in [2.05, 4.69) is 29.5 Å². The molecule has 11 heteroatoms. The minimum absolute atomic E-state index is 0.149. The lowest BCUT2D eigenvalue weighted by molar-refractivity contribution is -0.364. The Hall–Kier alpha value is -2.72. The number of aromatic nitrogens is 4. The highest BCUT2D eigenvalue weighted by molar-refractivity contribution is 6.30. The molecule has 1 aromatic carbocycles. The van der Waals surface area contributed by atoms with Crippen LogP contribution < -0.4 is 4.90 Å². The van der Waals surface area contributed by atoms with E-state index in [-0.39, 0.29) is 31.0 Å². The van der Waals surface area contributed by atoms with E-state index in [1.165, 1.54) is 6.20 Å². The van der Waals surface area contributed by atoms with Gasteiger partial charge in [-0.15, -0.1) is 10.2 Å². The van der Waals surface area contributed by atoms with Gasteiger partial charge >= 0.3 is 6.18 Å². The molecule has 3 saturated carbocycles. The van der Waals surface area contributed by atoms with Crippen LogP contribution in [-0.4, -0.2) is 49.5 Å². The standard InChI is InChI=1S/C27H27ClF4N6/c1-16-8-22(33-10-20(16)29)36-6-4-17(5-7-36)24-35-34-23-12-37(26-13-25(14-26,15-26)27(30,31)32)11-18-9-19(28)2-3-21(18)38(23)24/h2-3,8-10,17H,4-7,11-15H2,1H3. The number of anilines is 1. The van der Waals surface area contributed by atoms with Gasteiger partial charge in [0.25, 0.3) is 0 Å². The average Bonchev–Trinajstić information content (AvgIpc) is 3.14. The molecule has 1 saturated heterocycles.